The number of ether oxygens (including phenoxy) is 1. The number of aliphatic hydroxyl groups excluding tert-OH is 2. The molecule has 6 nitrogen and oxygen atoms in total. The molecule has 0 aliphatic rings. The molecular weight excluding hydrogens is 995 g/mol. The van der Waals surface area contributed by atoms with Crippen LogP contribution in [-0.4, -0.2) is 47.4 Å². The Morgan fingerprint density at radius 1 is 0.333 bits per heavy atom. The van der Waals surface area contributed by atoms with Gasteiger partial charge in [0.1, 0.15) is 0 Å². The Hall–Kier alpha value is -1.92. The number of hydrogen-bond donors (Lipinski definition) is 3. The lowest BCUT2D eigenvalue weighted by Gasteiger charge is -2.20. The van der Waals surface area contributed by atoms with E-state index in [0.717, 1.165) is 44.9 Å². The van der Waals surface area contributed by atoms with Crippen LogP contribution in [0.5, 0.6) is 0 Å². The van der Waals surface area contributed by atoms with Crippen molar-refractivity contribution in [3.05, 3.63) is 36.5 Å². The maximum atomic E-state index is 12.5. The second-order valence-electron chi connectivity index (χ2n) is 25.3. The van der Waals surface area contributed by atoms with E-state index in [9.17, 15) is 19.8 Å². The first-order chi connectivity index (χ1) is 40.0. The molecule has 0 aromatic carbocycles. The number of carbonyl (C=O) groups is 2. The lowest BCUT2D eigenvalue weighted by molar-refractivity contribution is -0.143. The molecule has 2 unspecified atom stereocenters. The van der Waals surface area contributed by atoms with Crippen LogP contribution in [0.3, 0.4) is 0 Å². The quantitative estimate of drug-likeness (QED) is 0.0320. The van der Waals surface area contributed by atoms with Gasteiger partial charge in [-0.05, 0) is 83.5 Å². The Morgan fingerprint density at radius 2 is 0.580 bits per heavy atom. The van der Waals surface area contributed by atoms with Gasteiger partial charge >= 0.3 is 5.97 Å². The first kappa shape index (κ1) is 79.1. The number of carbonyl (C=O) groups excluding carboxylic acids is 2. The zero-order valence-electron chi connectivity index (χ0n) is 54.8. The molecule has 3 N–H and O–H groups in total. The van der Waals surface area contributed by atoms with Gasteiger partial charge < -0.3 is 20.3 Å². The average molecular weight is 1140 g/mol. The summed E-state index contributed by atoms with van der Waals surface area (Å²) in [6, 6.07) is -0.626. The van der Waals surface area contributed by atoms with Crippen LogP contribution >= 0.6 is 0 Å². The van der Waals surface area contributed by atoms with E-state index in [1.165, 1.54) is 334 Å². The first-order valence-electron chi connectivity index (χ1n) is 36.8. The Labute approximate surface area is 506 Å². The summed E-state index contributed by atoms with van der Waals surface area (Å²) < 4.78 is 5.48. The van der Waals surface area contributed by atoms with Gasteiger partial charge in [0, 0.05) is 12.8 Å². The van der Waals surface area contributed by atoms with Crippen molar-refractivity contribution in [1.82, 2.24) is 5.32 Å². The van der Waals surface area contributed by atoms with E-state index in [1.54, 1.807) is 6.08 Å². The highest BCUT2D eigenvalue weighted by Gasteiger charge is 2.18. The highest BCUT2D eigenvalue weighted by atomic mass is 16.5. The van der Waals surface area contributed by atoms with Gasteiger partial charge in [-0.25, -0.2) is 0 Å². The van der Waals surface area contributed by atoms with E-state index in [1.807, 2.05) is 6.08 Å². The fourth-order valence-electron chi connectivity index (χ4n) is 11.5. The summed E-state index contributed by atoms with van der Waals surface area (Å²) in [5.41, 5.74) is 0. The fourth-order valence-corrected chi connectivity index (χ4v) is 11.5. The summed E-state index contributed by atoms with van der Waals surface area (Å²) in [6.45, 7) is 4.91. The number of aliphatic hydroxyl groups is 2. The van der Waals surface area contributed by atoms with Crippen LogP contribution in [0, 0.1) is 0 Å². The van der Waals surface area contributed by atoms with E-state index >= 15 is 0 Å². The van der Waals surface area contributed by atoms with Gasteiger partial charge in [-0.15, -0.1) is 0 Å². The summed E-state index contributed by atoms with van der Waals surface area (Å²) in [5, 5.41) is 23.2. The second kappa shape index (κ2) is 70.6. The largest absolute Gasteiger partial charge is 0.466 e. The smallest absolute Gasteiger partial charge is 0.305 e. The molecule has 6 heteroatoms. The molecule has 0 saturated heterocycles. The van der Waals surface area contributed by atoms with Crippen LogP contribution in [0.15, 0.2) is 36.5 Å². The molecule has 0 aliphatic heterocycles. The lowest BCUT2D eigenvalue weighted by atomic mass is 10.0. The van der Waals surface area contributed by atoms with E-state index in [-0.39, 0.29) is 18.5 Å². The first-order valence-corrected chi connectivity index (χ1v) is 36.8. The molecule has 478 valence electrons. The SMILES string of the molecule is CCCCC/C=C\CCCCCCCC(=O)OCCCCCCCCCCCCCC/C=C\CCCCCCCCCCCCCCCCCCCC(=O)NC(CO)C(O)/C=C/CCCCCCCCCCCCCCCCCCC. The molecule has 0 fully saturated rings. The van der Waals surface area contributed by atoms with Crippen molar-refractivity contribution in [2.45, 2.75) is 418 Å². The van der Waals surface area contributed by atoms with Crippen molar-refractivity contribution >= 4 is 11.9 Å². The number of rotatable bonds is 69. The molecule has 0 rings (SSSR count). The molecule has 1 amide bonds. The van der Waals surface area contributed by atoms with Crippen LogP contribution in [0.1, 0.15) is 406 Å². The van der Waals surface area contributed by atoms with Gasteiger partial charge in [0.25, 0.3) is 0 Å². The standard InChI is InChI=1S/C75H143NO5/c1-3-5-7-9-11-13-15-17-18-19-35-38-41-44-47-51-55-59-63-67-73(78)72(71-77)76-74(79)68-64-60-56-52-48-45-42-39-36-33-31-29-27-25-23-21-20-22-24-26-28-30-32-34-37-40-43-46-50-54-58-62-66-70-81-75(80)69-65-61-57-53-49-16-14-12-10-8-6-4-2/h12,14,24,26,63,67,72-73,77-78H,3-11,13,15-23,25,27-62,64-66,68-71H2,1-2H3,(H,76,79)/b14-12-,26-24-,67-63+. The molecule has 0 bridgehead atoms. The highest BCUT2D eigenvalue weighted by Crippen LogP contribution is 2.19. The molecular formula is C75H143NO5. The molecule has 0 spiro atoms. The molecule has 81 heavy (non-hydrogen) atoms. The van der Waals surface area contributed by atoms with Gasteiger partial charge in [-0.1, -0.05) is 346 Å². The number of unbranched alkanes of at least 4 members (excludes halogenated alkanes) is 54. The topological polar surface area (TPSA) is 95.9 Å². The van der Waals surface area contributed by atoms with E-state index in [4.69, 9.17) is 4.74 Å². The van der Waals surface area contributed by atoms with Crippen LogP contribution in [-0.2, 0) is 14.3 Å². The molecule has 0 aliphatic carbocycles. The fraction of sp³-hybridized carbons (Fsp3) is 0.893. The molecule has 0 aromatic rings. The molecule has 0 heterocycles. The van der Waals surface area contributed by atoms with Gasteiger partial charge in [0.05, 0.1) is 25.4 Å². The normalized spacial score (nSPS) is 12.7. The summed E-state index contributed by atoms with van der Waals surface area (Å²) in [6.07, 6.45) is 91.0. The summed E-state index contributed by atoms with van der Waals surface area (Å²) in [4.78, 5) is 24.5. The number of esters is 1. The average Bonchev–Trinajstić information content (AvgIpc) is 3.47. The Bertz CT molecular complexity index is 1310. The van der Waals surface area contributed by atoms with Crippen molar-refractivity contribution < 1.29 is 24.5 Å². The van der Waals surface area contributed by atoms with E-state index in [2.05, 4.69) is 43.5 Å². The van der Waals surface area contributed by atoms with E-state index in [0.29, 0.717) is 19.4 Å². The second-order valence-corrected chi connectivity index (χ2v) is 25.3. The zero-order valence-corrected chi connectivity index (χ0v) is 54.8. The minimum Gasteiger partial charge on any atom is -0.466 e. The van der Waals surface area contributed by atoms with Gasteiger partial charge in [0.15, 0.2) is 0 Å². The maximum absolute atomic E-state index is 12.5. The monoisotopic (exact) mass is 1140 g/mol. The minimum atomic E-state index is -0.843. The number of amides is 1. The van der Waals surface area contributed by atoms with Gasteiger partial charge in [-0.3, -0.25) is 9.59 Å². The number of nitrogens with one attached hydrogen (secondary N) is 1. The highest BCUT2D eigenvalue weighted by molar-refractivity contribution is 5.76. The zero-order chi connectivity index (χ0) is 58.5. The van der Waals surface area contributed by atoms with Crippen molar-refractivity contribution in [3.63, 3.8) is 0 Å². The van der Waals surface area contributed by atoms with Crippen LogP contribution in [0.2, 0.25) is 0 Å². The predicted octanol–water partition coefficient (Wildman–Crippen LogP) is 23.9. The Balaban J connectivity index is 3.38. The third-order valence-corrected chi connectivity index (χ3v) is 17.1. The van der Waals surface area contributed by atoms with Crippen molar-refractivity contribution in [2.24, 2.45) is 0 Å². The van der Waals surface area contributed by atoms with Crippen LogP contribution < -0.4 is 5.32 Å². The van der Waals surface area contributed by atoms with Crippen molar-refractivity contribution in [3.8, 4) is 0 Å². The summed E-state index contributed by atoms with van der Waals surface area (Å²) in [7, 11) is 0. The Morgan fingerprint density at radius 3 is 0.901 bits per heavy atom. The molecule has 2 atom stereocenters. The van der Waals surface area contributed by atoms with Gasteiger partial charge in [-0.2, -0.15) is 0 Å². The third-order valence-electron chi connectivity index (χ3n) is 17.1. The van der Waals surface area contributed by atoms with Crippen LogP contribution in [0.25, 0.3) is 0 Å². The molecule has 0 saturated carbocycles. The summed E-state index contributed by atoms with van der Waals surface area (Å²) in [5.74, 6) is -0.0526. The minimum absolute atomic E-state index is 0.00865. The third kappa shape index (κ3) is 67.1. The van der Waals surface area contributed by atoms with Crippen molar-refractivity contribution in [2.75, 3.05) is 13.2 Å². The van der Waals surface area contributed by atoms with Crippen molar-refractivity contribution in [1.29, 1.82) is 0 Å². The maximum Gasteiger partial charge on any atom is 0.305 e. The molecule has 0 radical (unpaired) electrons. The predicted molar refractivity (Wildman–Crippen MR) is 356 cm³/mol. The number of allylic oxidation sites excluding steroid dienone is 5. The molecule has 0 aromatic heterocycles. The summed E-state index contributed by atoms with van der Waals surface area (Å²) >= 11 is 0. The number of hydrogen-bond acceptors (Lipinski definition) is 5. The lowest BCUT2D eigenvalue weighted by Crippen LogP contribution is -2.45. The van der Waals surface area contributed by atoms with E-state index < -0.39 is 12.1 Å². The van der Waals surface area contributed by atoms with Crippen LogP contribution in [0.4, 0.5) is 0 Å². The van der Waals surface area contributed by atoms with Gasteiger partial charge in [0.2, 0.25) is 5.91 Å². The Kier molecular flexibility index (Phi) is 68.9.